The van der Waals surface area contributed by atoms with Crippen molar-refractivity contribution < 1.29 is 4.39 Å². The van der Waals surface area contributed by atoms with Crippen LogP contribution in [0, 0.1) is 12.7 Å². The van der Waals surface area contributed by atoms with E-state index in [4.69, 9.17) is 11.6 Å². The third-order valence-corrected chi connectivity index (χ3v) is 3.97. The molecule has 0 saturated heterocycles. The number of benzene rings is 2. The summed E-state index contributed by atoms with van der Waals surface area (Å²) in [6, 6.07) is 13.2. The highest BCUT2D eigenvalue weighted by Crippen LogP contribution is 2.19. The van der Waals surface area contributed by atoms with Gasteiger partial charge in [0.15, 0.2) is 0 Å². The predicted molar refractivity (Wildman–Crippen MR) is 85.3 cm³/mol. The Morgan fingerprint density at radius 3 is 2.50 bits per heavy atom. The van der Waals surface area contributed by atoms with Crippen LogP contribution < -0.4 is 5.56 Å². The number of H-pyrrole nitrogens is 1. The molecule has 0 spiro atoms. The Bertz CT molecular complexity index is 865. The van der Waals surface area contributed by atoms with Gasteiger partial charge in [-0.05, 0) is 42.8 Å². The largest absolute Gasteiger partial charge is 0.295 e. The highest BCUT2D eigenvalue weighted by molar-refractivity contribution is 6.31. The van der Waals surface area contributed by atoms with E-state index in [9.17, 15) is 9.18 Å². The molecule has 0 aliphatic heterocycles. The van der Waals surface area contributed by atoms with Crippen LogP contribution in [0.25, 0.3) is 5.69 Å². The normalized spacial score (nSPS) is 10.9. The van der Waals surface area contributed by atoms with Crippen LogP contribution in [0.4, 0.5) is 4.39 Å². The van der Waals surface area contributed by atoms with Crippen molar-refractivity contribution in [1.82, 2.24) is 9.78 Å². The van der Waals surface area contributed by atoms with Gasteiger partial charge in [0.05, 0.1) is 5.69 Å². The lowest BCUT2D eigenvalue weighted by atomic mass is 10.1. The van der Waals surface area contributed by atoms with Crippen molar-refractivity contribution in [2.24, 2.45) is 0 Å². The number of nitrogens with zero attached hydrogens (tertiary/aromatic N) is 1. The smallest absolute Gasteiger partial charge is 0.274 e. The van der Waals surface area contributed by atoms with Crippen molar-refractivity contribution in [2.75, 3.05) is 0 Å². The van der Waals surface area contributed by atoms with Crippen LogP contribution in [0.15, 0.2) is 53.3 Å². The molecule has 3 rings (SSSR count). The van der Waals surface area contributed by atoms with Crippen molar-refractivity contribution in [3.8, 4) is 5.69 Å². The van der Waals surface area contributed by atoms with Gasteiger partial charge in [0.25, 0.3) is 5.56 Å². The second kappa shape index (κ2) is 5.81. The molecule has 2 aromatic carbocycles. The molecular formula is C17H14ClFN2O. The first-order valence-corrected chi connectivity index (χ1v) is 7.24. The van der Waals surface area contributed by atoms with Gasteiger partial charge in [-0.2, -0.15) is 0 Å². The molecule has 1 heterocycles. The van der Waals surface area contributed by atoms with Gasteiger partial charge >= 0.3 is 0 Å². The van der Waals surface area contributed by atoms with Crippen molar-refractivity contribution in [2.45, 2.75) is 13.3 Å². The fraction of sp³-hybridized carbons (Fsp3) is 0.118. The summed E-state index contributed by atoms with van der Waals surface area (Å²) in [7, 11) is 0. The Labute approximate surface area is 132 Å². The molecule has 5 heteroatoms. The van der Waals surface area contributed by atoms with Crippen molar-refractivity contribution in [3.05, 3.63) is 86.5 Å². The number of rotatable bonds is 3. The van der Waals surface area contributed by atoms with Crippen LogP contribution in [0.1, 0.15) is 16.8 Å². The van der Waals surface area contributed by atoms with Gasteiger partial charge < -0.3 is 0 Å². The van der Waals surface area contributed by atoms with Crippen molar-refractivity contribution in [3.63, 3.8) is 0 Å². The average molecular weight is 317 g/mol. The molecule has 0 amide bonds. The molecule has 0 aliphatic carbocycles. The Balaban J connectivity index is 2.02. The summed E-state index contributed by atoms with van der Waals surface area (Å²) in [4.78, 5) is 12.6. The monoisotopic (exact) mass is 316 g/mol. The van der Waals surface area contributed by atoms with Crippen LogP contribution in [-0.2, 0) is 6.42 Å². The van der Waals surface area contributed by atoms with Crippen LogP contribution >= 0.6 is 11.6 Å². The van der Waals surface area contributed by atoms with E-state index in [1.165, 1.54) is 16.8 Å². The summed E-state index contributed by atoms with van der Waals surface area (Å²) in [6.07, 6.45) is 0.453. The number of aryl methyl sites for hydroxylation is 1. The first kappa shape index (κ1) is 14.6. The molecule has 0 saturated carbocycles. The summed E-state index contributed by atoms with van der Waals surface area (Å²) >= 11 is 6.16. The zero-order valence-electron chi connectivity index (χ0n) is 11.9. The topological polar surface area (TPSA) is 37.8 Å². The minimum absolute atomic E-state index is 0.149. The molecule has 0 unspecified atom stereocenters. The lowest BCUT2D eigenvalue weighted by molar-refractivity contribution is 0.627. The Hall–Kier alpha value is -2.33. The second-order valence-corrected chi connectivity index (χ2v) is 5.51. The quantitative estimate of drug-likeness (QED) is 0.783. The molecule has 0 fully saturated rings. The molecule has 3 aromatic rings. The number of halogens is 2. The maximum Gasteiger partial charge on any atom is 0.274 e. The minimum Gasteiger partial charge on any atom is -0.295 e. The number of aromatic nitrogens is 2. The zero-order valence-corrected chi connectivity index (χ0v) is 12.7. The molecule has 0 aliphatic rings. The summed E-state index contributed by atoms with van der Waals surface area (Å²) in [5, 5.41) is 3.66. The fourth-order valence-electron chi connectivity index (χ4n) is 2.39. The molecule has 3 nitrogen and oxygen atoms in total. The standard InChI is InChI=1S/C17H14ClFN2O/c1-11-15(10-12-4-2-3-5-16(12)18)17(22)21(20-11)14-8-6-13(19)7-9-14/h2-9,20H,10H2,1H3. The SMILES string of the molecule is Cc1[nH]n(-c2ccc(F)cc2)c(=O)c1Cc1ccccc1Cl. The van der Waals surface area contributed by atoms with E-state index in [1.807, 2.05) is 25.1 Å². The molecular weight excluding hydrogens is 303 g/mol. The second-order valence-electron chi connectivity index (χ2n) is 5.10. The van der Waals surface area contributed by atoms with E-state index in [2.05, 4.69) is 5.10 Å². The molecule has 0 atom stereocenters. The van der Waals surface area contributed by atoms with E-state index in [0.717, 1.165) is 11.3 Å². The van der Waals surface area contributed by atoms with Gasteiger partial charge in [-0.25, -0.2) is 9.07 Å². The van der Waals surface area contributed by atoms with Crippen molar-refractivity contribution >= 4 is 11.6 Å². The molecule has 22 heavy (non-hydrogen) atoms. The molecule has 112 valence electrons. The van der Waals surface area contributed by atoms with Crippen LogP contribution in [0.5, 0.6) is 0 Å². The predicted octanol–water partition coefficient (Wildman–Crippen LogP) is 3.86. The first-order valence-electron chi connectivity index (χ1n) is 6.86. The summed E-state index contributed by atoms with van der Waals surface area (Å²) in [5.41, 5.74) is 2.77. The first-order chi connectivity index (χ1) is 10.6. The van der Waals surface area contributed by atoms with E-state index in [-0.39, 0.29) is 11.4 Å². The fourth-order valence-corrected chi connectivity index (χ4v) is 2.60. The zero-order chi connectivity index (χ0) is 15.7. The van der Waals surface area contributed by atoms with Gasteiger partial charge in [0.2, 0.25) is 0 Å². The van der Waals surface area contributed by atoms with E-state index >= 15 is 0 Å². The Morgan fingerprint density at radius 2 is 1.82 bits per heavy atom. The number of hydrogen-bond acceptors (Lipinski definition) is 1. The highest BCUT2D eigenvalue weighted by atomic mass is 35.5. The van der Waals surface area contributed by atoms with Crippen LogP contribution in [-0.4, -0.2) is 9.78 Å². The molecule has 0 radical (unpaired) electrons. The number of hydrogen-bond donors (Lipinski definition) is 1. The minimum atomic E-state index is -0.337. The van der Waals surface area contributed by atoms with Gasteiger partial charge in [0, 0.05) is 22.7 Å². The van der Waals surface area contributed by atoms with Crippen LogP contribution in [0.3, 0.4) is 0 Å². The maximum absolute atomic E-state index is 13.0. The lowest BCUT2D eigenvalue weighted by Gasteiger charge is -2.02. The number of aromatic amines is 1. The number of nitrogens with one attached hydrogen (secondary N) is 1. The Kier molecular flexibility index (Phi) is 3.86. The third kappa shape index (κ3) is 2.70. The average Bonchev–Trinajstić information content (AvgIpc) is 2.78. The molecule has 1 N–H and O–H groups in total. The van der Waals surface area contributed by atoms with Gasteiger partial charge in [-0.15, -0.1) is 0 Å². The highest BCUT2D eigenvalue weighted by Gasteiger charge is 2.14. The molecule has 1 aromatic heterocycles. The third-order valence-electron chi connectivity index (χ3n) is 3.60. The van der Waals surface area contributed by atoms with E-state index in [1.54, 1.807) is 18.2 Å². The Morgan fingerprint density at radius 1 is 1.14 bits per heavy atom. The van der Waals surface area contributed by atoms with E-state index < -0.39 is 0 Å². The van der Waals surface area contributed by atoms with E-state index in [0.29, 0.717) is 22.7 Å². The maximum atomic E-state index is 13.0. The van der Waals surface area contributed by atoms with Gasteiger partial charge in [-0.3, -0.25) is 9.89 Å². The lowest BCUT2D eigenvalue weighted by Crippen LogP contribution is -2.17. The van der Waals surface area contributed by atoms with Crippen molar-refractivity contribution in [1.29, 1.82) is 0 Å². The summed E-state index contributed by atoms with van der Waals surface area (Å²) < 4.78 is 14.4. The summed E-state index contributed by atoms with van der Waals surface area (Å²) in [5.74, 6) is -0.337. The van der Waals surface area contributed by atoms with Gasteiger partial charge in [-0.1, -0.05) is 29.8 Å². The van der Waals surface area contributed by atoms with Gasteiger partial charge in [0.1, 0.15) is 5.82 Å². The molecule has 0 bridgehead atoms. The van der Waals surface area contributed by atoms with Crippen LogP contribution in [0.2, 0.25) is 5.02 Å². The summed E-state index contributed by atoms with van der Waals surface area (Å²) in [6.45, 7) is 1.84.